The Kier molecular flexibility index (Phi) is 8.35. The Morgan fingerprint density at radius 2 is 2.09 bits per heavy atom. The van der Waals surface area contributed by atoms with Crippen LogP contribution in [0.15, 0.2) is 34.5 Å². The van der Waals surface area contributed by atoms with Crippen LogP contribution in [0, 0.1) is 6.92 Å². The lowest BCUT2D eigenvalue weighted by Crippen LogP contribution is -2.48. The van der Waals surface area contributed by atoms with Gasteiger partial charge in [0.1, 0.15) is 0 Å². The van der Waals surface area contributed by atoms with Crippen LogP contribution in [0.2, 0.25) is 0 Å². The SMILES string of the molecule is CCC(C)N(C(=O)COC(=O)c1ccccc1SCc1csc(C)n1)C1CCS(=O)(=O)C1. The average molecular weight is 497 g/mol. The Balaban J connectivity index is 1.64. The van der Waals surface area contributed by atoms with E-state index in [-0.39, 0.29) is 29.5 Å². The molecule has 2 atom stereocenters. The fraction of sp³-hybridized carbons (Fsp3) is 0.500. The number of hydrogen-bond acceptors (Lipinski definition) is 8. The van der Waals surface area contributed by atoms with E-state index in [1.165, 1.54) is 11.8 Å². The van der Waals surface area contributed by atoms with Crippen molar-refractivity contribution in [1.82, 2.24) is 9.88 Å². The summed E-state index contributed by atoms with van der Waals surface area (Å²) in [5.41, 5.74) is 1.35. The average Bonchev–Trinajstić information content (AvgIpc) is 3.35. The van der Waals surface area contributed by atoms with E-state index in [1.54, 1.807) is 28.4 Å². The Bertz CT molecular complexity index is 1070. The summed E-state index contributed by atoms with van der Waals surface area (Å²) in [6.45, 7) is 5.36. The Morgan fingerprint density at radius 1 is 1.34 bits per heavy atom. The number of aryl methyl sites for hydroxylation is 1. The molecule has 10 heteroatoms. The number of hydrogen-bond donors (Lipinski definition) is 0. The maximum Gasteiger partial charge on any atom is 0.339 e. The van der Waals surface area contributed by atoms with E-state index in [0.717, 1.165) is 15.6 Å². The fourth-order valence-corrected chi connectivity index (χ4v) is 7.03. The molecule has 1 aliphatic rings. The van der Waals surface area contributed by atoms with Crippen molar-refractivity contribution in [2.24, 2.45) is 0 Å². The lowest BCUT2D eigenvalue weighted by molar-refractivity contribution is -0.138. The van der Waals surface area contributed by atoms with E-state index in [2.05, 4.69) is 4.98 Å². The van der Waals surface area contributed by atoms with Gasteiger partial charge < -0.3 is 9.64 Å². The van der Waals surface area contributed by atoms with E-state index in [9.17, 15) is 18.0 Å². The van der Waals surface area contributed by atoms with Gasteiger partial charge in [-0.25, -0.2) is 18.2 Å². The van der Waals surface area contributed by atoms with Crippen LogP contribution < -0.4 is 0 Å². The van der Waals surface area contributed by atoms with E-state index >= 15 is 0 Å². The van der Waals surface area contributed by atoms with Crippen molar-refractivity contribution in [1.29, 1.82) is 0 Å². The van der Waals surface area contributed by atoms with Crippen LogP contribution in [0.25, 0.3) is 0 Å². The van der Waals surface area contributed by atoms with Gasteiger partial charge in [-0.2, -0.15) is 0 Å². The standard InChI is InChI=1S/C22H28N2O5S3/c1-4-15(2)24(18-9-10-32(27,28)14-18)21(25)11-29-22(26)19-7-5-6-8-20(19)31-13-17-12-30-16(3)23-17/h5-8,12,15,18H,4,9-11,13-14H2,1-3H3. The maximum absolute atomic E-state index is 12.9. The molecule has 2 unspecified atom stereocenters. The summed E-state index contributed by atoms with van der Waals surface area (Å²) >= 11 is 3.07. The Hall–Kier alpha value is -1.91. The topological polar surface area (TPSA) is 93.6 Å². The molecule has 0 bridgehead atoms. The summed E-state index contributed by atoms with van der Waals surface area (Å²) in [6, 6.07) is 6.62. The third kappa shape index (κ3) is 6.32. The van der Waals surface area contributed by atoms with Gasteiger partial charge in [-0.1, -0.05) is 19.1 Å². The van der Waals surface area contributed by atoms with Crippen molar-refractivity contribution in [2.45, 2.75) is 56.3 Å². The molecule has 2 aromatic rings. The fourth-order valence-electron chi connectivity index (χ4n) is 3.67. The first kappa shape index (κ1) is 24.7. The number of thioether (sulfide) groups is 1. The molecule has 1 aliphatic heterocycles. The van der Waals surface area contributed by atoms with E-state index in [4.69, 9.17) is 4.74 Å². The molecule has 2 heterocycles. The van der Waals surface area contributed by atoms with E-state index in [0.29, 0.717) is 24.2 Å². The second kappa shape index (κ2) is 10.8. The zero-order valence-electron chi connectivity index (χ0n) is 18.4. The third-order valence-corrected chi connectivity index (χ3v) is 9.11. The number of aromatic nitrogens is 1. The second-order valence-electron chi connectivity index (χ2n) is 7.83. The number of carbonyl (C=O) groups is 2. The predicted molar refractivity (Wildman–Crippen MR) is 127 cm³/mol. The maximum atomic E-state index is 12.9. The van der Waals surface area contributed by atoms with Gasteiger partial charge in [-0.15, -0.1) is 23.1 Å². The molecule has 0 saturated carbocycles. The van der Waals surface area contributed by atoms with Gasteiger partial charge in [0.25, 0.3) is 5.91 Å². The van der Waals surface area contributed by atoms with Gasteiger partial charge in [-0.3, -0.25) is 4.79 Å². The van der Waals surface area contributed by atoms with Crippen LogP contribution in [0.4, 0.5) is 0 Å². The molecule has 1 saturated heterocycles. The molecule has 0 aliphatic carbocycles. The molecule has 1 amide bonds. The van der Waals surface area contributed by atoms with Gasteiger partial charge in [0.05, 0.1) is 27.8 Å². The summed E-state index contributed by atoms with van der Waals surface area (Å²) in [7, 11) is -3.13. The minimum Gasteiger partial charge on any atom is -0.452 e. The molecular weight excluding hydrogens is 468 g/mol. The predicted octanol–water partition coefficient (Wildman–Crippen LogP) is 3.71. The second-order valence-corrected chi connectivity index (χ2v) is 12.1. The van der Waals surface area contributed by atoms with Crippen LogP contribution in [0.5, 0.6) is 0 Å². The van der Waals surface area contributed by atoms with Crippen molar-refractivity contribution in [2.75, 3.05) is 18.1 Å². The molecule has 3 rings (SSSR count). The molecule has 0 N–H and O–H groups in total. The number of benzene rings is 1. The van der Waals surface area contributed by atoms with Crippen LogP contribution in [-0.2, 0) is 25.1 Å². The molecule has 1 aromatic heterocycles. The Labute approximate surface area is 197 Å². The van der Waals surface area contributed by atoms with Gasteiger partial charge in [0.2, 0.25) is 0 Å². The highest BCUT2D eigenvalue weighted by Gasteiger charge is 2.36. The zero-order chi connectivity index (χ0) is 23.3. The highest BCUT2D eigenvalue weighted by atomic mass is 32.2. The molecule has 0 spiro atoms. The quantitative estimate of drug-likeness (QED) is 0.386. The first-order valence-electron chi connectivity index (χ1n) is 10.5. The van der Waals surface area contributed by atoms with Crippen LogP contribution in [-0.4, -0.2) is 60.4 Å². The number of rotatable bonds is 9. The summed E-state index contributed by atoms with van der Waals surface area (Å²) in [6.07, 6.45) is 1.10. The van der Waals surface area contributed by atoms with Crippen LogP contribution >= 0.6 is 23.1 Å². The minimum atomic E-state index is -3.13. The van der Waals surface area contributed by atoms with Gasteiger partial charge >= 0.3 is 5.97 Å². The molecular formula is C22H28N2O5S3. The normalized spacial score (nSPS) is 18.3. The van der Waals surface area contributed by atoms with Crippen LogP contribution in [0.3, 0.4) is 0 Å². The molecule has 32 heavy (non-hydrogen) atoms. The molecule has 174 valence electrons. The zero-order valence-corrected chi connectivity index (χ0v) is 20.9. The summed E-state index contributed by atoms with van der Waals surface area (Å²) < 4.78 is 29.2. The van der Waals surface area contributed by atoms with Crippen molar-refractivity contribution in [3.05, 3.63) is 45.9 Å². The Morgan fingerprint density at radius 3 is 2.72 bits per heavy atom. The minimum absolute atomic E-state index is 0.0351. The molecule has 1 fully saturated rings. The van der Waals surface area contributed by atoms with Gasteiger partial charge in [0, 0.05) is 28.1 Å². The number of nitrogens with zero attached hydrogens (tertiary/aromatic N) is 2. The number of amides is 1. The number of carbonyl (C=O) groups excluding carboxylic acids is 2. The van der Waals surface area contributed by atoms with E-state index < -0.39 is 22.4 Å². The number of thiazole rings is 1. The highest BCUT2D eigenvalue weighted by Crippen LogP contribution is 2.27. The van der Waals surface area contributed by atoms with Crippen molar-refractivity contribution < 1.29 is 22.7 Å². The number of ether oxygens (including phenoxy) is 1. The lowest BCUT2D eigenvalue weighted by Gasteiger charge is -2.33. The van der Waals surface area contributed by atoms with Crippen molar-refractivity contribution >= 4 is 44.8 Å². The van der Waals surface area contributed by atoms with Crippen molar-refractivity contribution in [3.63, 3.8) is 0 Å². The summed E-state index contributed by atoms with van der Waals surface area (Å²) in [4.78, 5) is 32.5. The monoisotopic (exact) mass is 496 g/mol. The van der Waals surface area contributed by atoms with E-state index in [1.807, 2.05) is 38.3 Å². The lowest BCUT2D eigenvalue weighted by atomic mass is 10.1. The van der Waals surface area contributed by atoms with Crippen LogP contribution in [0.1, 0.15) is 47.7 Å². The summed E-state index contributed by atoms with van der Waals surface area (Å²) in [5, 5.41) is 2.99. The molecule has 0 radical (unpaired) electrons. The van der Waals surface area contributed by atoms with Gasteiger partial charge in [-0.05, 0) is 38.8 Å². The largest absolute Gasteiger partial charge is 0.452 e. The number of sulfone groups is 1. The van der Waals surface area contributed by atoms with Gasteiger partial charge in [0.15, 0.2) is 16.4 Å². The first-order valence-corrected chi connectivity index (χ1v) is 14.2. The third-order valence-electron chi connectivity index (χ3n) is 5.43. The molecule has 7 nitrogen and oxygen atoms in total. The highest BCUT2D eigenvalue weighted by molar-refractivity contribution is 7.98. The smallest absolute Gasteiger partial charge is 0.339 e. The number of esters is 1. The first-order chi connectivity index (χ1) is 15.2. The van der Waals surface area contributed by atoms with Crippen molar-refractivity contribution in [3.8, 4) is 0 Å². The molecule has 1 aromatic carbocycles. The summed E-state index contributed by atoms with van der Waals surface area (Å²) in [5.74, 6) is -0.254.